The summed E-state index contributed by atoms with van der Waals surface area (Å²) >= 11 is 0. The molecule has 8 heteroatoms. The molecule has 1 aliphatic carbocycles. The Morgan fingerprint density at radius 2 is 1.79 bits per heavy atom. The third-order valence-corrected chi connectivity index (χ3v) is 5.88. The lowest BCUT2D eigenvalue weighted by atomic mass is 10.0. The Hall–Kier alpha value is -3.81. The van der Waals surface area contributed by atoms with Crippen LogP contribution in [0.2, 0.25) is 0 Å². The van der Waals surface area contributed by atoms with Gasteiger partial charge in [0.05, 0.1) is 17.1 Å². The van der Waals surface area contributed by atoms with E-state index in [0.29, 0.717) is 11.3 Å². The molecule has 0 bridgehead atoms. The average molecular weight is 466 g/mol. The molecule has 1 N–H and O–H groups in total. The number of aromatic nitrogens is 2. The molecule has 1 aliphatic rings. The van der Waals surface area contributed by atoms with E-state index in [1.165, 1.54) is 73.0 Å². The number of oxazole rings is 1. The lowest BCUT2D eigenvalue weighted by Gasteiger charge is -2.16. The monoisotopic (exact) mass is 465 g/mol. The zero-order chi connectivity index (χ0) is 24.1. The van der Waals surface area contributed by atoms with E-state index in [1.807, 2.05) is 0 Å². The minimum absolute atomic E-state index is 0.0415. The molecule has 2 heterocycles. The summed E-state index contributed by atoms with van der Waals surface area (Å²) in [7, 11) is 0. The van der Waals surface area contributed by atoms with E-state index >= 15 is 0 Å². The van der Waals surface area contributed by atoms with Gasteiger partial charge in [0, 0.05) is 17.6 Å². The van der Waals surface area contributed by atoms with Crippen LogP contribution >= 0.6 is 0 Å². The van der Waals surface area contributed by atoms with Crippen molar-refractivity contribution < 1.29 is 18.0 Å². The molecule has 4 aromatic rings. The zero-order valence-electron chi connectivity index (χ0n) is 18.8. The van der Waals surface area contributed by atoms with Crippen LogP contribution in [-0.4, -0.2) is 15.5 Å². The van der Waals surface area contributed by atoms with Gasteiger partial charge in [-0.05, 0) is 30.7 Å². The third kappa shape index (κ3) is 5.06. The van der Waals surface area contributed by atoms with Crippen LogP contribution in [0.5, 0.6) is 0 Å². The fourth-order valence-electron chi connectivity index (χ4n) is 3.63. The number of nitrogens with one attached hydrogen (secondary N) is 1. The van der Waals surface area contributed by atoms with Crippen LogP contribution in [0, 0.1) is 18.6 Å². The van der Waals surface area contributed by atoms with Crippen molar-refractivity contribution in [3.8, 4) is 0 Å². The summed E-state index contributed by atoms with van der Waals surface area (Å²) < 4.78 is 34.1. The topological polar surface area (TPSA) is 77.1 Å². The molecule has 1 saturated carbocycles. The van der Waals surface area contributed by atoms with E-state index in [-0.39, 0.29) is 41.1 Å². The van der Waals surface area contributed by atoms with Crippen LogP contribution < -0.4 is 10.9 Å². The first-order chi connectivity index (χ1) is 16.5. The van der Waals surface area contributed by atoms with Crippen molar-refractivity contribution in [2.45, 2.75) is 45.7 Å². The Bertz CT molecular complexity index is 1340. The number of rotatable bonds is 5. The van der Waals surface area contributed by atoms with E-state index in [0.717, 1.165) is 0 Å². The molecule has 0 spiro atoms. The molecule has 34 heavy (non-hydrogen) atoms. The first-order valence-corrected chi connectivity index (χ1v) is 11.2. The number of amides is 1. The quantitative estimate of drug-likeness (QED) is 0.444. The van der Waals surface area contributed by atoms with Crippen molar-refractivity contribution >= 4 is 16.7 Å². The number of carbonyl (C=O) groups is 1. The maximum absolute atomic E-state index is 14.5. The minimum atomic E-state index is -0.716. The van der Waals surface area contributed by atoms with Gasteiger partial charge in [0.15, 0.2) is 0 Å². The number of nitrogens with zero attached hydrogens (tertiary/aromatic N) is 2. The number of halogens is 2. The number of hydrogen-bond donors (Lipinski definition) is 1. The maximum Gasteiger partial charge on any atom is 0.262 e. The van der Waals surface area contributed by atoms with Gasteiger partial charge >= 0.3 is 0 Å². The Balaban J connectivity index is 0.000000620. The molecule has 1 amide bonds. The van der Waals surface area contributed by atoms with Crippen LogP contribution in [0.25, 0.3) is 10.8 Å². The molecule has 2 aromatic carbocycles. The molecule has 2 aromatic heterocycles. The van der Waals surface area contributed by atoms with Gasteiger partial charge in [-0.15, -0.1) is 0 Å². The highest BCUT2D eigenvalue weighted by Gasteiger charge is 2.22. The number of hydrogen-bond acceptors (Lipinski definition) is 4. The average Bonchev–Trinajstić information content (AvgIpc) is 3.28. The van der Waals surface area contributed by atoms with E-state index in [2.05, 4.69) is 10.3 Å². The summed E-state index contributed by atoms with van der Waals surface area (Å²) in [6, 6.07) is 9.88. The normalized spacial score (nSPS) is 12.6. The number of pyridine rings is 1. The first-order valence-electron chi connectivity index (χ1n) is 11.2. The van der Waals surface area contributed by atoms with Gasteiger partial charge in [-0.3, -0.25) is 9.59 Å². The zero-order valence-corrected chi connectivity index (χ0v) is 18.8. The number of carbonyl (C=O) groups excluding carboxylic acids is 1. The van der Waals surface area contributed by atoms with Crippen LogP contribution in [0.3, 0.4) is 0 Å². The highest BCUT2D eigenvalue weighted by Crippen LogP contribution is 2.22. The molecule has 1 fully saturated rings. The highest BCUT2D eigenvalue weighted by molar-refractivity contribution is 6.07. The summed E-state index contributed by atoms with van der Waals surface area (Å²) in [5.41, 5.74) is 0.658. The van der Waals surface area contributed by atoms with Gasteiger partial charge < -0.3 is 14.3 Å². The summed E-state index contributed by atoms with van der Waals surface area (Å²) in [4.78, 5) is 30.0. The van der Waals surface area contributed by atoms with Crippen molar-refractivity contribution in [3.05, 3.63) is 99.6 Å². The van der Waals surface area contributed by atoms with Crippen molar-refractivity contribution in [2.24, 2.45) is 0 Å². The molecule has 0 radical (unpaired) electrons. The van der Waals surface area contributed by atoms with Gasteiger partial charge in [-0.2, -0.15) is 0 Å². The smallest absolute Gasteiger partial charge is 0.262 e. The lowest BCUT2D eigenvalue weighted by Crippen LogP contribution is -2.31. The molecular weight excluding hydrogens is 440 g/mol. The van der Waals surface area contributed by atoms with E-state index in [1.54, 1.807) is 19.1 Å². The Kier molecular flexibility index (Phi) is 7.15. The molecule has 6 nitrogen and oxygen atoms in total. The maximum atomic E-state index is 14.5. The molecule has 0 saturated heterocycles. The summed E-state index contributed by atoms with van der Waals surface area (Å²) in [6.07, 6.45) is 8.81. The summed E-state index contributed by atoms with van der Waals surface area (Å²) in [5, 5.41) is 2.80. The van der Waals surface area contributed by atoms with Crippen molar-refractivity contribution in [3.63, 3.8) is 0 Å². The van der Waals surface area contributed by atoms with Gasteiger partial charge in [0.2, 0.25) is 5.89 Å². The Morgan fingerprint density at radius 1 is 1.09 bits per heavy atom. The van der Waals surface area contributed by atoms with Crippen molar-refractivity contribution in [1.82, 2.24) is 14.9 Å². The molecule has 5 rings (SSSR count). The predicted octanol–water partition coefficient (Wildman–Crippen LogP) is 5.11. The standard InChI is InChI=1S/C22H17F2N3O3.C4H8/c1-13-19(21(28)26-11-14-5-7-15(23)8-6-14)16-3-2-4-17(24)20(16)22(29)27(13)12-18-25-9-10-30-18;1-2-4-3-1/h2-10H,11-12H2,1H3,(H,26,28);1-4H2. The summed E-state index contributed by atoms with van der Waals surface area (Å²) in [6.45, 7) is 1.72. The molecule has 0 atom stereocenters. The van der Waals surface area contributed by atoms with Crippen LogP contribution in [0.15, 0.2) is 64.1 Å². The SMILES string of the molecule is C1CCC1.Cc1c(C(=O)NCc2ccc(F)cc2)c2cccc(F)c2c(=O)n1Cc1ncco1. The van der Waals surface area contributed by atoms with Gasteiger partial charge in [0.1, 0.15) is 24.4 Å². The second-order valence-corrected chi connectivity index (χ2v) is 8.16. The third-order valence-electron chi connectivity index (χ3n) is 5.88. The molecule has 176 valence electrons. The van der Waals surface area contributed by atoms with Crippen LogP contribution in [0.1, 0.15) is 53.2 Å². The lowest BCUT2D eigenvalue weighted by molar-refractivity contribution is 0.0951. The van der Waals surface area contributed by atoms with Crippen LogP contribution in [0.4, 0.5) is 8.78 Å². The van der Waals surface area contributed by atoms with Gasteiger partial charge in [0.25, 0.3) is 11.5 Å². The van der Waals surface area contributed by atoms with Crippen LogP contribution in [-0.2, 0) is 13.1 Å². The highest BCUT2D eigenvalue weighted by atomic mass is 19.1. The second-order valence-electron chi connectivity index (χ2n) is 8.16. The molecule has 0 aliphatic heterocycles. The second kappa shape index (κ2) is 10.4. The Labute approximate surface area is 195 Å². The fourth-order valence-corrected chi connectivity index (χ4v) is 3.63. The van der Waals surface area contributed by atoms with E-state index < -0.39 is 17.3 Å². The minimum Gasteiger partial charge on any atom is -0.447 e. The Morgan fingerprint density at radius 3 is 2.41 bits per heavy atom. The fraction of sp³-hybridized carbons (Fsp3) is 0.269. The van der Waals surface area contributed by atoms with E-state index in [4.69, 9.17) is 4.42 Å². The largest absolute Gasteiger partial charge is 0.447 e. The van der Waals surface area contributed by atoms with E-state index in [9.17, 15) is 18.4 Å². The molecule has 0 unspecified atom stereocenters. The van der Waals surface area contributed by atoms with Crippen molar-refractivity contribution in [1.29, 1.82) is 0 Å². The number of fused-ring (bicyclic) bond motifs is 1. The predicted molar refractivity (Wildman–Crippen MR) is 125 cm³/mol. The van der Waals surface area contributed by atoms with Crippen molar-refractivity contribution in [2.75, 3.05) is 0 Å². The molecular formula is C26H25F2N3O3. The van der Waals surface area contributed by atoms with Gasteiger partial charge in [-0.25, -0.2) is 13.8 Å². The van der Waals surface area contributed by atoms with Gasteiger partial charge in [-0.1, -0.05) is 49.9 Å². The summed E-state index contributed by atoms with van der Waals surface area (Å²) in [5.74, 6) is -1.31. The first kappa shape index (κ1) is 23.4. The number of benzene rings is 2.